The first kappa shape index (κ1) is 17.9. The predicted molar refractivity (Wildman–Crippen MR) is 110 cm³/mol. The topological polar surface area (TPSA) is 68.0 Å². The Morgan fingerprint density at radius 3 is 2.50 bits per heavy atom. The maximum atomic E-state index is 11.5. The van der Waals surface area contributed by atoms with E-state index < -0.39 is 5.97 Å². The molecule has 2 aromatic carbocycles. The Kier molecular flexibility index (Phi) is 4.65. The molecule has 5 heteroatoms. The molecule has 4 aromatic rings. The van der Waals surface area contributed by atoms with Crippen molar-refractivity contribution in [2.75, 3.05) is 0 Å². The van der Waals surface area contributed by atoms with Gasteiger partial charge in [-0.2, -0.15) is 0 Å². The van der Waals surface area contributed by atoms with Crippen LogP contribution in [0, 0.1) is 0 Å². The minimum absolute atomic E-state index is 0.288. The highest BCUT2D eigenvalue weighted by Crippen LogP contribution is 2.26. The van der Waals surface area contributed by atoms with Crippen LogP contribution in [-0.2, 0) is 6.54 Å². The molecule has 0 aliphatic rings. The molecule has 0 saturated carbocycles. The normalized spacial score (nSPS) is 11.2. The SMILES string of the molecule is CC(C)c1nc2cccnc2n1Cc1ccc(-c2ccccc2C(=O)O)cc1. The first-order valence-electron chi connectivity index (χ1n) is 9.27. The van der Waals surface area contributed by atoms with Crippen LogP contribution in [0.15, 0.2) is 66.9 Å². The number of rotatable bonds is 5. The van der Waals surface area contributed by atoms with Crippen LogP contribution in [0.5, 0.6) is 0 Å². The van der Waals surface area contributed by atoms with Gasteiger partial charge in [0.15, 0.2) is 5.65 Å². The molecule has 0 bridgehead atoms. The lowest BCUT2D eigenvalue weighted by Gasteiger charge is -2.12. The molecule has 0 aliphatic heterocycles. The number of carboxylic acid groups (broad SMARTS) is 1. The lowest BCUT2D eigenvalue weighted by atomic mass is 9.99. The number of nitrogens with zero attached hydrogens (tertiary/aromatic N) is 3. The number of imidazole rings is 1. The van der Waals surface area contributed by atoms with E-state index in [2.05, 4.69) is 23.4 Å². The number of aromatic carboxylic acids is 1. The molecule has 2 aromatic heterocycles. The van der Waals surface area contributed by atoms with E-state index in [1.54, 1.807) is 18.3 Å². The zero-order chi connectivity index (χ0) is 19.7. The van der Waals surface area contributed by atoms with Crippen LogP contribution in [0.3, 0.4) is 0 Å². The van der Waals surface area contributed by atoms with Crippen LogP contribution >= 0.6 is 0 Å². The van der Waals surface area contributed by atoms with Crippen molar-refractivity contribution in [3.05, 3.63) is 83.8 Å². The summed E-state index contributed by atoms with van der Waals surface area (Å²) in [6.45, 7) is 4.93. The summed E-state index contributed by atoms with van der Waals surface area (Å²) in [6, 6.07) is 19.0. The number of pyridine rings is 1. The van der Waals surface area contributed by atoms with Gasteiger partial charge < -0.3 is 9.67 Å². The number of fused-ring (bicyclic) bond motifs is 1. The summed E-state index contributed by atoms with van der Waals surface area (Å²) in [6.07, 6.45) is 1.79. The molecule has 4 rings (SSSR count). The van der Waals surface area contributed by atoms with Crippen LogP contribution in [0.2, 0.25) is 0 Å². The van der Waals surface area contributed by atoms with Crippen LogP contribution in [0.1, 0.15) is 41.5 Å². The predicted octanol–water partition coefficient (Wildman–Crippen LogP) is 4.97. The molecule has 0 atom stereocenters. The zero-order valence-electron chi connectivity index (χ0n) is 15.8. The van der Waals surface area contributed by atoms with Gasteiger partial charge in [-0.1, -0.05) is 56.3 Å². The van der Waals surface area contributed by atoms with E-state index >= 15 is 0 Å². The second-order valence-corrected chi connectivity index (χ2v) is 7.10. The Morgan fingerprint density at radius 1 is 1.04 bits per heavy atom. The third kappa shape index (κ3) is 3.27. The summed E-state index contributed by atoms with van der Waals surface area (Å²) in [4.78, 5) is 20.7. The number of aromatic nitrogens is 3. The van der Waals surface area contributed by atoms with E-state index in [4.69, 9.17) is 4.98 Å². The van der Waals surface area contributed by atoms with Gasteiger partial charge in [-0.05, 0) is 34.9 Å². The van der Waals surface area contributed by atoms with Gasteiger partial charge in [0.25, 0.3) is 0 Å². The maximum Gasteiger partial charge on any atom is 0.336 e. The molecule has 2 heterocycles. The van der Waals surface area contributed by atoms with Gasteiger partial charge in [0.2, 0.25) is 0 Å². The number of carboxylic acids is 1. The van der Waals surface area contributed by atoms with Gasteiger partial charge in [-0.25, -0.2) is 14.8 Å². The lowest BCUT2D eigenvalue weighted by molar-refractivity contribution is 0.0697. The second-order valence-electron chi connectivity index (χ2n) is 7.10. The van der Waals surface area contributed by atoms with Crippen LogP contribution < -0.4 is 0 Å². The van der Waals surface area contributed by atoms with Crippen molar-refractivity contribution in [2.45, 2.75) is 26.3 Å². The van der Waals surface area contributed by atoms with E-state index in [9.17, 15) is 9.90 Å². The lowest BCUT2D eigenvalue weighted by Crippen LogP contribution is -2.07. The molecule has 0 aliphatic carbocycles. The van der Waals surface area contributed by atoms with Gasteiger partial charge in [-0.3, -0.25) is 0 Å². The highest BCUT2D eigenvalue weighted by molar-refractivity contribution is 5.96. The minimum Gasteiger partial charge on any atom is -0.478 e. The number of benzene rings is 2. The molecule has 0 radical (unpaired) electrons. The molecule has 0 unspecified atom stereocenters. The van der Waals surface area contributed by atoms with E-state index in [0.717, 1.165) is 33.7 Å². The van der Waals surface area contributed by atoms with Crippen molar-refractivity contribution in [1.29, 1.82) is 0 Å². The van der Waals surface area contributed by atoms with Crippen molar-refractivity contribution in [3.8, 4) is 11.1 Å². The Morgan fingerprint density at radius 2 is 1.79 bits per heavy atom. The smallest absolute Gasteiger partial charge is 0.336 e. The Labute approximate surface area is 163 Å². The van der Waals surface area contributed by atoms with Crippen LogP contribution in [0.25, 0.3) is 22.3 Å². The van der Waals surface area contributed by atoms with Crippen molar-refractivity contribution < 1.29 is 9.90 Å². The molecule has 140 valence electrons. The zero-order valence-corrected chi connectivity index (χ0v) is 15.8. The Bertz CT molecular complexity index is 1140. The highest BCUT2D eigenvalue weighted by atomic mass is 16.4. The van der Waals surface area contributed by atoms with Crippen molar-refractivity contribution >= 4 is 17.1 Å². The third-order valence-electron chi connectivity index (χ3n) is 4.81. The van der Waals surface area contributed by atoms with Gasteiger partial charge >= 0.3 is 5.97 Å². The fourth-order valence-corrected chi connectivity index (χ4v) is 3.47. The van der Waals surface area contributed by atoms with E-state index in [1.165, 1.54) is 0 Å². The van der Waals surface area contributed by atoms with Gasteiger partial charge in [-0.15, -0.1) is 0 Å². The van der Waals surface area contributed by atoms with Crippen molar-refractivity contribution in [1.82, 2.24) is 14.5 Å². The number of hydrogen-bond acceptors (Lipinski definition) is 3. The summed E-state index contributed by atoms with van der Waals surface area (Å²) in [5, 5.41) is 9.42. The monoisotopic (exact) mass is 371 g/mol. The van der Waals surface area contributed by atoms with Crippen molar-refractivity contribution in [3.63, 3.8) is 0 Å². The minimum atomic E-state index is -0.919. The Hall–Kier alpha value is -3.47. The molecule has 1 N–H and O–H groups in total. The summed E-state index contributed by atoms with van der Waals surface area (Å²) >= 11 is 0. The Balaban J connectivity index is 1.69. The quantitative estimate of drug-likeness (QED) is 0.538. The van der Waals surface area contributed by atoms with Crippen LogP contribution in [0.4, 0.5) is 0 Å². The highest BCUT2D eigenvalue weighted by Gasteiger charge is 2.15. The number of hydrogen-bond donors (Lipinski definition) is 1. The van der Waals surface area contributed by atoms with Gasteiger partial charge in [0, 0.05) is 12.1 Å². The molecular formula is C23H21N3O2. The average Bonchev–Trinajstić information content (AvgIpc) is 3.07. The van der Waals surface area contributed by atoms with Gasteiger partial charge in [0.1, 0.15) is 11.3 Å². The largest absolute Gasteiger partial charge is 0.478 e. The maximum absolute atomic E-state index is 11.5. The summed E-state index contributed by atoms with van der Waals surface area (Å²) in [7, 11) is 0. The molecule has 28 heavy (non-hydrogen) atoms. The first-order chi connectivity index (χ1) is 13.5. The third-order valence-corrected chi connectivity index (χ3v) is 4.81. The van der Waals surface area contributed by atoms with E-state index in [0.29, 0.717) is 12.1 Å². The molecular weight excluding hydrogens is 350 g/mol. The van der Waals surface area contributed by atoms with Gasteiger partial charge in [0.05, 0.1) is 12.1 Å². The first-order valence-corrected chi connectivity index (χ1v) is 9.27. The second kappa shape index (κ2) is 7.27. The molecule has 0 fully saturated rings. The molecule has 0 saturated heterocycles. The van der Waals surface area contributed by atoms with E-state index in [1.807, 2.05) is 48.5 Å². The number of carbonyl (C=O) groups is 1. The summed E-state index contributed by atoms with van der Waals surface area (Å²) in [5.74, 6) is 0.377. The van der Waals surface area contributed by atoms with E-state index in [-0.39, 0.29) is 5.92 Å². The average molecular weight is 371 g/mol. The molecule has 5 nitrogen and oxygen atoms in total. The molecule has 0 amide bonds. The van der Waals surface area contributed by atoms with Crippen LogP contribution in [-0.4, -0.2) is 25.6 Å². The summed E-state index contributed by atoms with van der Waals surface area (Å²) < 4.78 is 2.15. The standard InChI is InChI=1S/C23H21N3O2/c1-15(2)21-25-20-8-5-13-24-22(20)26(21)14-16-9-11-17(12-10-16)18-6-3-4-7-19(18)23(27)28/h3-13,15H,14H2,1-2H3,(H,27,28). The van der Waals surface area contributed by atoms with Crippen molar-refractivity contribution in [2.24, 2.45) is 0 Å². The fraction of sp³-hybridized carbons (Fsp3) is 0.174. The fourth-order valence-electron chi connectivity index (χ4n) is 3.47. The molecule has 0 spiro atoms. The summed E-state index contributed by atoms with van der Waals surface area (Å²) in [5.41, 5.74) is 4.81.